The second kappa shape index (κ2) is 5.43. The molecule has 0 saturated heterocycles. The highest BCUT2D eigenvalue weighted by atomic mass is 19.3. The van der Waals surface area contributed by atoms with Crippen LogP contribution in [0.15, 0.2) is 60.7 Å². The van der Waals surface area contributed by atoms with Crippen LogP contribution >= 0.6 is 0 Å². The van der Waals surface area contributed by atoms with E-state index in [0.717, 1.165) is 22.1 Å². The molecule has 1 aliphatic rings. The molecule has 116 valence electrons. The summed E-state index contributed by atoms with van der Waals surface area (Å²) in [6.45, 7) is -2.85. The fourth-order valence-corrected chi connectivity index (χ4v) is 3.01. The molecule has 0 unspecified atom stereocenters. The molecule has 5 heteroatoms. The van der Waals surface area contributed by atoms with Gasteiger partial charge in [0, 0.05) is 22.3 Å². The second-order valence-corrected chi connectivity index (χ2v) is 5.35. The van der Waals surface area contributed by atoms with Crippen molar-refractivity contribution in [1.29, 1.82) is 0 Å². The molecule has 1 aliphatic heterocycles. The Hall–Kier alpha value is -2.82. The molecule has 0 radical (unpaired) electrons. The van der Waals surface area contributed by atoms with Crippen molar-refractivity contribution in [3.63, 3.8) is 0 Å². The molecular weight excluding hydrogens is 298 g/mol. The lowest BCUT2D eigenvalue weighted by molar-refractivity contribution is -0.0505. The SMILES string of the molecule is FC(F)Oc1ccccc1C1Nc2cccc3cccc(c23)N1. The number of ether oxygens (including phenoxy) is 1. The number of hydrogen-bond donors (Lipinski definition) is 2. The second-order valence-electron chi connectivity index (χ2n) is 5.35. The molecule has 1 heterocycles. The summed E-state index contributed by atoms with van der Waals surface area (Å²) in [5.74, 6) is 0.166. The highest BCUT2D eigenvalue weighted by molar-refractivity contribution is 6.04. The van der Waals surface area contributed by atoms with Gasteiger partial charge < -0.3 is 15.4 Å². The number of halogens is 2. The summed E-state index contributed by atoms with van der Waals surface area (Å²) in [7, 11) is 0. The minimum atomic E-state index is -2.85. The number of para-hydroxylation sites is 1. The number of rotatable bonds is 3. The van der Waals surface area contributed by atoms with Gasteiger partial charge >= 0.3 is 6.61 Å². The number of hydrogen-bond acceptors (Lipinski definition) is 3. The Morgan fingerprint density at radius 1 is 0.826 bits per heavy atom. The van der Waals surface area contributed by atoms with Gasteiger partial charge in [0.05, 0.1) is 0 Å². The summed E-state index contributed by atoms with van der Waals surface area (Å²) >= 11 is 0. The summed E-state index contributed by atoms with van der Waals surface area (Å²) in [6.07, 6.45) is -0.342. The molecule has 0 aromatic heterocycles. The first-order valence-electron chi connectivity index (χ1n) is 7.31. The van der Waals surface area contributed by atoms with Gasteiger partial charge in [-0.05, 0) is 23.6 Å². The molecule has 4 rings (SSSR count). The number of benzene rings is 3. The summed E-state index contributed by atoms with van der Waals surface area (Å²) in [5.41, 5.74) is 2.57. The Bertz CT molecular complexity index is 826. The minimum Gasteiger partial charge on any atom is -0.434 e. The Labute approximate surface area is 131 Å². The van der Waals surface area contributed by atoms with Crippen molar-refractivity contribution in [3.8, 4) is 5.75 Å². The van der Waals surface area contributed by atoms with Crippen molar-refractivity contribution in [2.24, 2.45) is 0 Å². The van der Waals surface area contributed by atoms with Crippen molar-refractivity contribution in [2.45, 2.75) is 12.8 Å². The van der Waals surface area contributed by atoms with Gasteiger partial charge in [0.15, 0.2) is 0 Å². The van der Waals surface area contributed by atoms with Gasteiger partial charge in [-0.15, -0.1) is 0 Å². The predicted molar refractivity (Wildman–Crippen MR) is 87.0 cm³/mol. The van der Waals surface area contributed by atoms with Gasteiger partial charge in [0.2, 0.25) is 0 Å². The van der Waals surface area contributed by atoms with Crippen molar-refractivity contribution in [3.05, 3.63) is 66.2 Å². The van der Waals surface area contributed by atoms with Crippen LogP contribution in [0.2, 0.25) is 0 Å². The average molecular weight is 312 g/mol. The zero-order valence-corrected chi connectivity index (χ0v) is 12.1. The molecule has 0 spiro atoms. The van der Waals surface area contributed by atoms with E-state index in [1.54, 1.807) is 24.3 Å². The highest BCUT2D eigenvalue weighted by Crippen LogP contribution is 2.40. The maximum absolute atomic E-state index is 12.6. The number of alkyl halides is 2. The summed E-state index contributed by atoms with van der Waals surface area (Å²) in [6, 6.07) is 18.8. The maximum atomic E-state index is 12.6. The first-order valence-corrected chi connectivity index (χ1v) is 7.31. The van der Waals surface area contributed by atoms with Gasteiger partial charge in [-0.3, -0.25) is 0 Å². The van der Waals surface area contributed by atoms with E-state index < -0.39 is 6.61 Å². The molecule has 0 fully saturated rings. The molecule has 3 aromatic rings. The first-order chi connectivity index (χ1) is 11.2. The van der Waals surface area contributed by atoms with Gasteiger partial charge in [-0.25, -0.2) is 0 Å². The van der Waals surface area contributed by atoms with E-state index in [1.165, 1.54) is 0 Å². The zero-order chi connectivity index (χ0) is 15.8. The van der Waals surface area contributed by atoms with E-state index in [4.69, 9.17) is 0 Å². The Morgan fingerprint density at radius 2 is 1.48 bits per heavy atom. The number of anilines is 2. The van der Waals surface area contributed by atoms with Crippen LogP contribution in [0.3, 0.4) is 0 Å². The van der Waals surface area contributed by atoms with Crippen LogP contribution in [0, 0.1) is 0 Å². The molecule has 3 nitrogen and oxygen atoms in total. The largest absolute Gasteiger partial charge is 0.434 e. The molecule has 0 amide bonds. The third-order valence-electron chi connectivity index (χ3n) is 3.95. The fourth-order valence-electron chi connectivity index (χ4n) is 3.01. The van der Waals surface area contributed by atoms with Crippen LogP contribution in [-0.4, -0.2) is 6.61 Å². The van der Waals surface area contributed by atoms with Gasteiger partial charge in [0.25, 0.3) is 0 Å². The van der Waals surface area contributed by atoms with Gasteiger partial charge in [-0.2, -0.15) is 8.78 Å². The minimum absolute atomic E-state index is 0.166. The van der Waals surface area contributed by atoms with E-state index in [9.17, 15) is 8.78 Å². The van der Waals surface area contributed by atoms with Crippen molar-refractivity contribution < 1.29 is 13.5 Å². The Balaban J connectivity index is 1.77. The van der Waals surface area contributed by atoms with Crippen LogP contribution in [-0.2, 0) is 0 Å². The average Bonchev–Trinajstić information content (AvgIpc) is 2.55. The van der Waals surface area contributed by atoms with Crippen LogP contribution in [0.4, 0.5) is 20.2 Å². The zero-order valence-electron chi connectivity index (χ0n) is 12.1. The van der Waals surface area contributed by atoms with E-state index in [1.807, 2.05) is 36.4 Å². The highest BCUT2D eigenvalue weighted by Gasteiger charge is 2.23. The summed E-state index contributed by atoms with van der Waals surface area (Å²) in [5, 5.41) is 8.93. The molecule has 2 N–H and O–H groups in total. The molecular formula is C18H14F2N2O. The normalized spacial score (nSPS) is 13.7. The monoisotopic (exact) mass is 312 g/mol. The topological polar surface area (TPSA) is 33.3 Å². The lowest BCUT2D eigenvalue weighted by Gasteiger charge is -2.30. The van der Waals surface area contributed by atoms with Crippen LogP contribution < -0.4 is 15.4 Å². The summed E-state index contributed by atoms with van der Waals surface area (Å²) in [4.78, 5) is 0. The first kappa shape index (κ1) is 13.8. The maximum Gasteiger partial charge on any atom is 0.387 e. The molecule has 0 atom stereocenters. The smallest absolute Gasteiger partial charge is 0.387 e. The van der Waals surface area contributed by atoms with E-state index in [2.05, 4.69) is 15.4 Å². The van der Waals surface area contributed by atoms with Crippen LogP contribution in [0.1, 0.15) is 11.7 Å². The quantitative estimate of drug-likeness (QED) is 0.716. The third kappa shape index (κ3) is 2.44. The van der Waals surface area contributed by atoms with Crippen molar-refractivity contribution in [2.75, 3.05) is 10.6 Å². The van der Waals surface area contributed by atoms with Gasteiger partial charge in [-0.1, -0.05) is 42.5 Å². The molecule has 0 saturated carbocycles. The van der Waals surface area contributed by atoms with Crippen LogP contribution in [0.5, 0.6) is 5.75 Å². The van der Waals surface area contributed by atoms with E-state index in [0.29, 0.717) is 5.56 Å². The molecule has 23 heavy (non-hydrogen) atoms. The predicted octanol–water partition coefficient (Wildman–Crippen LogP) is 4.98. The summed E-state index contributed by atoms with van der Waals surface area (Å²) < 4.78 is 29.9. The fraction of sp³-hybridized carbons (Fsp3) is 0.111. The number of nitrogens with one attached hydrogen (secondary N) is 2. The lowest BCUT2D eigenvalue weighted by atomic mass is 10.0. The molecule has 3 aromatic carbocycles. The van der Waals surface area contributed by atoms with Crippen molar-refractivity contribution >= 4 is 22.1 Å². The van der Waals surface area contributed by atoms with E-state index in [-0.39, 0.29) is 11.9 Å². The third-order valence-corrected chi connectivity index (χ3v) is 3.95. The van der Waals surface area contributed by atoms with Gasteiger partial charge in [0.1, 0.15) is 11.9 Å². The lowest BCUT2D eigenvalue weighted by Crippen LogP contribution is -2.24. The van der Waals surface area contributed by atoms with Crippen LogP contribution in [0.25, 0.3) is 10.8 Å². The van der Waals surface area contributed by atoms with Crippen molar-refractivity contribution in [1.82, 2.24) is 0 Å². The Morgan fingerprint density at radius 3 is 2.13 bits per heavy atom. The Kier molecular flexibility index (Phi) is 3.26. The molecule has 0 aliphatic carbocycles. The molecule has 0 bridgehead atoms. The van der Waals surface area contributed by atoms with E-state index >= 15 is 0 Å². The standard InChI is InChI=1S/C18H14F2N2O/c19-18(20)23-15-10-2-1-7-12(15)17-21-13-8-3-5-11-6-4-9-14(22-17)16(11)13/h1-10,17-18,21-22H.